The second kappa shape index (κ2) is 5.81. The van der Waals surface area contributed by atoms with Crippen LogP contribution in [-0.4, -0.2) is 35.7 Å². The molecule has 1 spiro atoms. The number of ether oxygens (including phenoxy) is 1. The number of rotatable bonds is 3. The second-order valence-corrected chi connectivity index (χ2v) is 7.56. The van der Waals surface area contributed by atoms with Crippen LogP contribution in [-0.2, 0) is 4.74 Å². The van der Waals surface area contributed by atoms with Gasteiger partial charge in [0.25, 0.3) is 0 Å². The van der Waals surface area contributed by atoms with E-state index < -0.39 is 0 Å². The van der Waals surface area contributed by atoms with Crippen molar-refractivity contribution in [3.63, 3.8) is 0 Å². The summed E-state index contributed by atoms with van der Waals surface area (Å²) in [5.74, 6) is 1.20. The zero-order chi connectivity index (χ0) is 15.1. The van der Waals surface area contributed by atoms with Gasteiger partial charge >= 0.3 is 0 Å². The maximum atomic E-state index is 6.56. The summed E-state index contributed by atoms with van der Waals surface area (Å²) in [4.78, 5) is 2.59. The van der Waals surface area contributed by atoms with Gasteiger partial charge in [-0.3, -0.25) is 0 Å². The highest BCUT2D eigenvalue weighted by Crippen LogP contribution is 2.48. The molecule has 1 saturated heterocycles. The molecule has 0 aromatic rings. The Morgan fingerprint density at radius 1 is 1.00 bits per heavy atom. The summed E-state index contributed by atoms with van der Waals surface area (Å²) in [6.45, 7) is 18.5. The van der Waals surface area contributed by atoms with Crippen molar-refractivity contribution in [3.05, 3.63) is 11.1 Å². The van der Waals surface area contributed by atoms with Crippen molar-refractivity contribution in [1.29, 1.82) is 0 Å². The number of hydrogen-bond donors (Lipinski definition) is 0. The molecule has 0 bridgehead atoms. The number of hydrogen-bond acceptors (Lipinski definition) is 2. The standard InChI is InChI=1S/C18H33NO/c1-12(2)16-15(7)20-18(17(16)13(3)4)8-10-19(11-9-18)14(5)6/h12-15H,8-11H2,1-7H3/t15-/m0/s1. The molecule has 2 heterocycles. The van der Waals surface area contributed by atoms with E-state index in [1.165, 1.54) is 25.9 Å². The number of likely N-dealkylation sites (tertiary alicyclic amines) is 1. The Morgan fingerprint density at radius 2 is 1.55 bits per heavy atom. The largest absolute Gasteiger partial charge is 0.363 e. The molecule has 1 atom stereocenters. The molecule has 2 heteroatoms. The van der Waals surface area contributed by atoms with E-state index in [0.29, 0.717) is 24.0 Å². The first-order valence-electron chi connectivity index (χ1n) is 8.45. The summed E-state index contributed by atoms with van der Waals surface area (Å²) >= 11 is 0. The Kier molecular flexibility index (Phi) is 4.66. The van der Waals surface area contributed by atoms with E-state index >= 15 is 0 Å². The lowest BCUT2D eigenvalue weighted by molar-refractivity contribution is -0.0694. The minimum Gasteiger partial charge on any atom is -0.363 e. The summed E-state index contributed by atoms with van der Waals surface area (Å²) in [7, 11) is 0. The van der Waals surface area contributed by atoms with Crippen molar-refractivity contribution in [2.24, 2.45) is 11.8 Å². The molecule has 2 nitrogen and oxygen atoms in total. The van der Waals surface area contributed by atoms with E-state index in [-0.39, 0.29) is 5.60 Å². The van der Waals surface area contributed by atoms with Gasteiger partial charge in [0, 0.05) is 19.1 Å². The van der Waals surface area contributed by atoms with E-state index in [2.05, 4.69) is 53.4 Å². The minimum absolute atomic E-state index is 0.0403. The summed E-state index contributed by atoms with van der Waals surface area (Å²) < 4.78 is 6.56. The average molecular weight is 279 g/mol. The first-order chi connectivity index (χ1) is 9.28. The SMILES string of the molecule is CC(C)C1=C(C(C)C)C2(CCN(C(C)C)CC2)O[C@H]1C. The predicted octanol–water partition coefficient (Wildman–Crippen LogP) is 4.26. The van der Waals surface area contributed by atoms with Crippen LogP contribution >= 0.6 is 0 Å². The molecule has 20 heavy (non-hydrogen) atoms. The molecular formula is C18H33NO. The van der Waals surface area contributed by atoms with Gasteiger partial charge < -0.3 is 9.64 Å². The Hall–Kier alpha value is -0.340. The van der Waals surface area contributed by atoms with Crippen LogP contribution in [0.3, 0.4) is 0 Å². The molecule has 2 aliphatic heterocycles. The van der Waals surface area contributed by atoms with Gasteiger partial charge in [0.15, 0.2) is 0 Å². The van der Waals surface area contributed by atoms with Gasteiger partial charge in [-0.05, 0) is 56.6 Å². The third-order valence-corrected chi connectivity index (χ3v) is 5.18. The fourth-order valence-corrected chi connectivity index (χ4v) is 4.38. The summed E-state index contributed by atoms with van der Waals surface area (Å²) in [5.41, 5.74) is 3.25. The van der Waals surface area contributed by atoms with Crippen molar-refractivity contribution < 1.29 is 4.74 Å². The first-order valence-corrected chi connectivity index (χ1v) is 8.45. The van der Waals surface area contributed by atoms with Crippen LogP contribution in [0.4, 0.5) is 0 Å². The molecule has 2 aliphatic rings. The number of piperidine rings is 1. The molecule has 0 N–H and O–H groups in total. The molecule has 1 fully saturated rings. The lowest BCUT2D eigenvalue weighted by Crippen LogP contribution is -2.48. The smallest absolute Gasteiger partial charge is 0.0930 e. The van der Waals surface area contributed by atoms with Crippen LogP contribution in [0.1, 0.15) is 61.3 Å². The van der Waals surface area contributed by atoms with E-state index in [4.69, 9.17) is 4.74 Å². The first kappa shape index (κ1) is 16.0. The molecular weight excluding hydrogens is 246 g/mol. The fraction of sp³-hybridized carbons (Fsp3) is 0.889. The third kappa shape index (κ3) is 2.69. The van der Waals surface area contributed by atoms with Gasteiger partial charge in [0.2, 0.25) is 0 Å². The zero-order valence-electron chi connectivity index (χ0n) is 14.5. The van der Waals surface area contributed by atoms with E-state index in [1.54, 1.807) is 11.1 Å². The molecule has 2 rings (SSSR count). The molecule has 0 aromatic carbocycles. The van der Waals surface area contributed by atoms with Gasteiger partial charge in [0.05, 0.1) is 11.7 Å². The van der Waals surface area contributed by atoms with Crippen molar-refractivity contribution >= 4 is 0 Å². The van der Waals surface area contributed by atoms with Crippen LogP contribution in [0.5, 0.6) is 0 Å². The highest BCUT2D eigenvalue weighted by molar-refractivity contribution is 5.35. The average Bonchev–Trinajstić information content (AvgIpc) is 2.62. The quantitative estimate of drug-likeness (QED) is 0.716. The van der Waals surface area contributed by atoms with E-state index in [0.717, 1.165) is 0 Å². The molecule has 0 aromatic heterocycles. The topological polar surface area (TPSA) is 12.5 Å². The van der Waals surface area contributed by atoms with E-state index in [9.17, 15) is 0 Å². The number of nitrogens with zero attached hydrogens (tertiary/aromatic N) is 1. The van der Waals surface area contributed by atoms with E-state index in [1.807, 2.05) is 0 Å². The summed E-state index contributed by atoms with van der Waals surface area (Å²) in [5, 5.41) is 0. The highest BCUT2D eigenvalue weighted by Gasteiger charge is 2.48. The Bertz CT molecular complexity index is 373. The van der Waals surface area contributed by atoms with Crippen LogP contribution in [0.2, 0.25) is 0 Å². The van der Waals surface area contributed by atoms with Crippen molar-refractivity contribution in [3.8, 4) is 0 Å². The van der Waals surface area contributed by atoms with Crippen LogP contribution in [0.25, 0.3) is 0 Å². The predicted molar refractivity (Wildman–Crippen MR) is 85.9 cm³/mol. The van der Waals surface area contributed by atoms with Gasteiger partial charge in [-0.15, -0.1) is 0 Å². The van der Waals surface area contributed by atoms with Gasteiger partial charge in [-0.2, -0.15) is 0 Å². The second-order valence-electron chi connectivity index (χ2n) is 7.56. The maximum absolute atomic E-state index is 6.56. The molecule has 0 unspecified atom stereocenters. The van der Waals surface area contributed by atoms with Crippen molar-refractivity contribution in [2.45, 2.75) is 79.1 Å². The van der Waals surface area contributed by atoms with Gasteiger partial charge in [-0.25, -0.2) is 0 Å². The zero-order valence-corrected chi connectivity index (χ0v) is 14.5. The highest BCUT2D eigenvalue weighted by atomic mass is 16.5. The Morgan fingerprint density at radius 3 is 1.95 bits per heavy atom. The monoisotopic (exact) mass is 279 g/mol. The third-order valence-electron chi connectivity index (χ3n) is 5.18. The van der Waals surface area contributed by atoms with Gasteiger partial charge in [-0.1, -0.05) is 27.7 Å². The normalized spacial score (nSPS) is 27.6. The van der Waals surface area contributed by atoms with Crippen LogP contribution in [0.15, 0.2) is 11.1 Å². The summed E-state index contributed by atoms with van der Waals surface area (Å²) in [6.07, 6.45) is 2.64. The fourth-order valence-electron chi connectivity index (χ4n) is 4.38. The minimum atomic E-state index is 0.0403. The Labute approximate surface area is 125 Å². The summed E-state index contributed by atoms with van der Waals surface area (Å²) in [6, 6.07) is 0.655. The van der Waals surface area contributed by atoms with Crippen LogP contribution in [0, 0.1) is 11.8 Å². The van der Waals surface area contributed by atoms with Crippen molar-refractivity contribution in [1.82, 2.24) is 4.90 Å². The molecule has 0 amide bonds. The van der Waals surface area contributed by atoms with Gasteiger partial charge in [0.1, 0.15) is 0 Å². The molecule has 116 valence electrons. The lowest BCUT2D eigenvalue weighted by atomic mass is 9.76. The Balaban J connectivity index is 2.29. The molecule has 0 saturated carbocycles. The maximum Gasteiger partial charge on any atom is 0.0930 e. The van der Waals surface area contributed by atoms with Crippen LogP contribution < -0.4 is 0 Å². The van der Waals surface area contributed by atoms with Crippen molar-refractivity contribution in [2.75, 3.05) is 13.1 Å². The molecule has 0 aliphatic carbocycles. The molecule has 0 radical (unpaired) electrons. The lowest BCUT2D eigenvalue weighted by Gasteiger charge is -2.43.